The summed E-state index contributed by atoms with van der Waals surface area (Å²) in [6, 6.07) is 15.5. The number of para-hydroxylation sites is 2. The van der Waals surface area contributed by atoms with Gasteiger partial charge in [0.1, 0.15) is 11.9 Å². The minimum atomic E-state index is -0.298. The molecule has 3 aromatic rings. The molecular weight excluding hydrogens is 358 g/mol. The molecule has 4 nitrogen and oxygen atoms in total. The summed E-state index contributed by atoms with van der Waals surface area (Å²) in [5.74, 6) is 1.30. The number of nitrogens with zero attached hydrogens (tertiary/aromatic N) is 2. The molecule has 0 bridgehead atoms. The Morgan fingerprint density at radius 1 is 1.15 bits per heavy atom. The first-order valence-electron chi connectivity index (χ1n) is 9.48. The molecule has 5 heteroatoms. The number of amides is 1. The Balaban J connectivity index is 2.04. The number of carbonyl (C=O) groups is 1. The summed E-state index contributed by atoms with van der Waals surface area (Å²) >= 11 is 6.37. The number of halogens is 1. The molecule has 1 heterocycles. The lowest BCUT2D eigenvalue weighted by Gasteiger charge is -2.21. The number of nitrogens with one attached hydrogen (secondary N) is 1. The minimum Gasteiger partial charge on any atom is -0.354 e. The van der Waals surface area contributed by atoms with Crippen molar-refractivity contribution in [3.63, 3.8) is 0 Å². The lowest BCUT2D eigenvalue weighted by atomic mass is 10.1. The highest BCUT2D eigenvalue weighted by Gasteiger charge is 2.24. The quantitative estimate of drug-likeness (QED) is 0.623. The number of rotatable bonds is 7. The highest BCUT2D eigenvalue weighted by molar-refractivity contribution is 6.31. The molecule has 0 aliphatic carbocycles. The van der Waals surface area contributed by atoms with Crippen molar-refractivity contribution in [2.24, 2.45) is 5.92 Å². The van der Waals surface area contributed by atoms with Gasteiger partial charge in [0.15, 0.2) is 0 Å². The normalized spacial score (nSPS) is 12.5. The molecular formula is C22H26ClN3O. The van der Waals surface area contributed by atoms with Gasteiger partial charge in [0.05, 0.1) is 11.0 Å². The third-order valence-corrected chi connectivity index (χ3v) is 5.03. The minimum absolute atomic E-state index is 0.0368. The van der Waals surface area contributed by atoms with E-state index in [0.29, 0.717) is 30.3 Å². The second kappa shape index (κ2) is 8.57. The predicted octanol–water partition coefficient (Wildman–Crippen LogP) is 5.00. The monoisotopic (exact) mass is 383 g/mol. The molecule has 1 atom stereocenters. The Morgan fingerprint density at radius 3 is 2.56 bits per heavy atom. The standard InChI is InChI=1S/C22H26ClN3O/c1-4-19(22(27)24-14-15(2)3)26-20-12-8-7-11-18(20)25-21(26)13-16-9-5-6-10-17(16)23/h5-12,15,19H,4,13-14H2,1-3H3,(H,24,27)/t19-/m0/s1. The van der Waals surface area contributed by atoms with E-state index < -0.39 is 0 Å². The number of hydrogen-bond donors (Lipinski definition) is 1. The average Bonchev–Trinajstić information content (AvgIpc) is 3.01. The Kier molecular flexibility index (Phi) is 6.17. The molecule has 142 valence electrons. The molecule has 0 aliphatic heterocycles. The van der Waals surface area contributed by atoms with E-state index in [0.717, 1.165) is 22.4 Å². The number of fused-ring (bicyclic) bond motifs is 1. The smallest absolute Gasteiger partial charge is 0.243 e. The Hall–Kier alpha value is -2.33. The van der Waals surface area contributed by atoms with Crippen LogP contribution in [0.2, 0.25) is 5.02 Å². The fraction of sp³-hybridized carbons (Fsp3) is 0.364. The number of imidazole rings is 1. The van der Waals surface area contributed by atoms with Crippen LogP contribution in [-0.2, 0) is 11.2 Å². The number of aromatic nitrogens is 2. The zero-order valence-corrected chi connectivity index (χ0v) is 16.8. The molecule has 0 aliphatic rings. The third-order valence-electron chi connectivity index (χ3n) is 4.66. The molecule has 2 aromatic carbocycles. The van der Waals surface area contributed by atoms with Crippen LogP contribution < -0.4 is 5.32 Å². The maximum Gasteiger partial charge on any atom is 0.243 e. The van der Waals surface area contributed by atoms with E-state index in [1.807, 2.05) is 55.5 Å². The van der Waals surface area contributed by atoms with Crippen LogP contribution >= 0.6 is 11.6 Å². The van der Waals surface area contributed by atoms with Crippen molar-refractivity contribution in [1.29, 1.82) is 0 Å². The zero-order valence-electron chi connectivity index (χ0n) is 16.1. The topological polar surface area (TPSA) is 46.9 Å². The van der Waals surface area contributed by atoms with Crippen LogP contribution in [0.5, 0.6) is 0 Å². The molecule has 3 rings (SSSR count). The van der Waals surface area contributed by atoms with E-state index in [9.17, 15) is 4.79 Å². The average molecular weight is 384 g/mol. The molecule has 1 amide bonds. The van der Waals surface area contributed by atoms with Crippen molar-refractivity contribution in [1.82, 2.24) is 14.9 Å². The highest BCUT2D eigenvalue weighted by atomic mass is 35.5. The van der Waals surface area contributed by atoms with Crippen molar-refractivity contribution in [2.45, 2.75) is 39.7 Å². The lowest BCUT2D eigenvalue weighted by Crippen LogP contribution is -2.35. The first-order valence-corrected chi connectivity index (χ1v) is 9.86. The summed E-state index contributed by atoms with van der Waals surface area (Å²) in [7, 11) is 0. The molecule has 1 aromatic heterocycles. The summed E-state index contributed by atoms with van der Waals surface area (Å²) in [4.78, 5) is 17.7. The zero-order chi connectivity index (χ0) is 19.4. The van der Waals surface area contributed by atoms with Crippen molar-refractivity contribution >= 4 is 28.5 Å². The van der Waals surface area contributed by atoms with Gasteiger partial charge < -0.3 is 9.88 Å². The van der Waals surface area contributed by atoms with Crippen LogP contribution in [0.1, 0.15) is 44.6 Å². The van der Waals surface area contributed by atoms with Crippen molar-refractivity contribution in [3.8, 4) is 0 Å². The second-order valence-corrected chi connectivity index (χ2v) is 7.63. The van der Waals surface area contributed by atoms with Gasteiger partial charge in [-0.15, -0.1) is 0 Å². The molecule has 0 radical (unpaired) electrons. The van der Waals surface area contributed by atoms with Gasteiger partial charge in [-0.3, -0.25) is 4.79 Å². The summed E-state index contributed by atoms with van der Waals surface area (Å²) in [6.45, 7) is 6.89. The van der Waals surface area contributed by atoms with Crippen LogP contribution in [-0.4, -0.2) is 22.0 Å². The van der Waals surface area contributed by atoms with Crippen LogP contribution in [0, 0.1) is 5.92 Å². The third kappa shape index (κ3) is 4.33. The number of benzene rings is 2. The molecule has 0 unspecified atom stereocenters. The number of carbonyl (C=O) groups excluding carboxylic acids is 1. The molecule has 0 saturated heterocycles. The predicted molar refractivity (Wildman–Crippen MR) is 111 cm³/mol. The van der Waals surface area contributed by atoms with Gasteiger partial charge in [0.25, 0.3) is 0 Å². The van der Waals surface area contributed by atoms with Crippen molar-refractivity contribution in [3.05, 3.63) is 64.9 Å². The van der Waals surface area contributed by atoms with Crippen LogP contribution in [0.4, 0.5) is 0 Å². The van der Waals surface area contributed by atoms with Crippen molar-refractivity contribution < 1.29 is 4.79 Å². The SMILES string of the molecule is CC[C@@H](C(=O)NCC(C)C)n1c(Cc2ccccc2Cl)nc2ccccc21. The van der Waals surface area contributed by atoms with Crippen LogP contribution in [0.25, 0.3) is 11.0 Å². The molecule has 0 fully saturated rings. The van der Waals surface area contributed by atoms with E-state index in [1.54, 1.807) is 0 Å². The maximum atomic E-state index is 12.9. The first-order chi connectivity index (χ1) is 13.0. The van der Waals surface area contributed by atoms with Crippen LogP contribution in [0.15, 0.2) is 48.5 Å². The van der Waals surface area contributed by atoms with E-state index in [4.69, 9.17) is 16.6 Å². The Labute approximate surface area is 165 Å². The largest absolute Gasteiger partial charge is 0.354 e. The summed E-state index contributed by atoms with van der Waals surface area (Å²) in [5, 5.41) is 3.79. The van der Waals surface area contributed by atoms with Gasteiger partial charge in [0.2, 0.25) is 5.91 Å². The Bertz CT molecular complexity index is 932. The van der Waals surface area contributed by atoms with E-state index in [1.165, 1.54) is 0 Å². The molecule has 0 spiro atoms. The van der Waals surface area contributed by atoms with E-state index in [2.05, 4.69) is 23.7 Å². The molecule has 1 N–H and O–H groups in total. The fourth-order valence-corrected chi connectivity index (χ4v) is 3.49. The summed E-state index contributed by atoms with van der Waals surface area (Å²) in [6.07, 6.45) is 1.28. The van der Waals surface area contributed by atoms with Gasteiger partial charge >= 0.3 is 0 Å². The van der Waals surface area contributed by atoms with Gasteiger partial charge in [-0.25, -0.2) is 4.98 Å². The molecule has 27 heavy (non-hydrogen) atoms. The van der Waals surface area contributed by atoms with E-state index >= 15 is 0 Å². The summed E-state index contributed by atoms with van der Waals surface area (Å²) < 4.78 is 2.08. The maximum absolute atomic E-state index is 12.9. The van der Waals surface area contributed by atoms with E-state index in [-0.39, 0.29) is 11.9 Å². The van der Waals surface area contributed by atoms with Gasteiger partial charge in [0, 0.05) is 18.0 Å². The van der Waals surface area contributed by atoms with Gasteiger partial charge in [-0.05, 0) is 36.1 Å². The van der Waals surface area contributed by atoms with Gasteiger partial charge in [-0.1, -0.05) is 62.7 Å². The number of hydrogen-bond acceptors (Lipinski definition) is 2. The Morgan fingerprint density at radius 2 is 1.85 bits per heavy atom. The second-order valence-electron chi connectivity index (χ2n) is 7.22. The van der Waals surface area contributed by atoms with Crippen LogP contribution in [0.3, 0.4) is 0 Å². The highest BCUT2D eigenvalue weighted by Crippen LogP contribution is 2.27. The van der Waals surface area contributed by atoms with Gasteiger partial charge in [-0.2, -0.15) is 0 Å². The first kappa shape index (κ1) is 19.4. The molecule has 0 saturated carbocycles. The summed E-state index contributed by atoms with van der Waals surface area (Å²) in [5.41, 5.74) is 2.88. The fourth-order valence-electron chi connectivity index (χ4n) is 3.29. The van der Waals surface area contributed by atoms with Crippen molar-refractivity contribution in [2.75, 3.05) is 6.54 Å². The lowest BCUT2D eigenvalue weighted by molar-refractivity contribution is -0.124.